The third-order valence-corrected chi connectivity index (χ3v) is 9.32. The van der Waals surface area contributed by atoms with Crippen LogP contribution in [0.25, 0.3) is 16.7 Å². The lowest BCUT2D eigenvalue weighted by Crippen LogP contribution is -2.54. The normalized spacial score (nSPS) is 15.8. The van der Waals surface area contributed by atoms with Crippen LogP contribution in [0.5, 0.6) is 5.75 Å². The molecule has 1 atom stereocenters. The van der Waals surface area contributed by atoms with Crippen molar-refractivity contribution in [2.45, 2.75) is 45.1 Å². The number of nitrogens with one attached hydrogen (secondary N) is 4. The van der Waals surface area contributed by atoms with E-state index in [9.17, 15) is 24.0 Å². The molecule has 16 nitrogen and oxygen atoms in total. The van der Waals surface area contributed by atoms with E-state index < -0.39 is 29.7 Å². The predicted molar refractivity (Wildman–Crippen MR) is 203 cm³/mol. The molecule has 2 aliphatic heterocycles. The maximum Gasteiger partial charge on any atom is 0.324 e. The van der Waals surface area contributed by atoms with Crippen molar-refractivity contribution in [2.24, 2.45) is 0 Å². The number of aromatic nitrogens is 4. The Morgan fingerprint density at radius 2 is 1.76 bits per heavy atom. The Kier molecular flexibility index (Phi) is 10.1. The number of nitrogens with zero attached hydrogens (tertiary/aromatic N) is 5. The van der Waals surface area contributed by atoms with Gasteiger partial charge in [0, 0.05) is 54.6 Å². The summed E-state index contributed by atoms with van der Waals surface area (Å²) in [5.74, 6) is -1.14. The molecule has 1 fully saturated rings. The lowest BCUT2D eigenvalue weighted by molar-refractivity contribution is -0.148. The molecule has 1 saturated heterocycles. The minimum absolute atomic E-state index is 0.0181. The number of aromatic amines is 1. The molecule has 1 unspecified atom stereocenters. The molecule has 16 heteroatoms. The number of ether oxygens (including phenoxy) is 2. The van der Waals surface area contributed by atoms with Crippen molar-refractivity contribution >= 4 is 57.9 Å². The summed E-state index contributed by atoms with van der Waals surface area (Å²) in [5.41, 5.74) is 4.64. The highest BCUT2D eigenvalue weighted by atomic mass is 16.5. The van der Waals surface area contributed by atoms with Gasteiger partial charge in [0.05, 0.1) is 41.1 Å². The second-order valence-corrected chi connectivity index (χ2v) is 14.1. The first-order valence-corrected chi connectivity index (χ1v) is 17.7. The molecule has 55 heavy (non-hydrogen) atoms. The van der Waals surface area contributed by atoms with Gasteiger partial charge in [0.2, 0.25) is 5.91 Å². The summed E-state index contributed by atoms with van der Waals surface area (Å²) < 4.78 is 13.6. The molecule has 0 aliphatic carbocycles. The molecule has 0 saturated carbocycles. The number of hydrogen-bond acceptors (Lipinski definition) is 10. The monoisotopic (exact) mass is 746 g/mol. The van der Waals surface area contributed by atoms with Gasteiger partial charge in [-0.3, -0.25) is 44.0 Å². The van der Waals surface area contributed by atoms with Crippen LogP contribution in [-0.2, 0) is 19.7 Å². The van der Waals surface area contributed by atoms with E-state index in [4.69, 9.17) is 9.47 Å². The number of benzene rings is 3. The molecule has 4 heterocycles. The Hall–Kier alpha value is -6.55. The number of rotatable bonds is 12. The fraction of sp³-hybridized carbons (Fsp3) is 0.282. The number of hydrogen-bond donors (Lipinski definition) is 4. The van der Waals surface area contributed by atoms with Crippen molar-refractivity contribution in [3.05, 3.63) is 96.9 Å². The first-order chi connectivity index (χ1) is 26.4. The fourth-order valence-electron chi connectivity index (χ4n) is 6.42. The summed E-state index contributed by atoms with van der Waals surface area (Å²) in [6.07, 6.45) is 1.81. The summed E-state index contributed by atoms with van der Waals surface area (Å²) in [4.78, 5) is 69.8. The molecule has 2 aliphatic rings. The average Bonchev–Trinajstić information content (AvgIpc) is 3.87. The van der Waals surface area contributed by atoms with Crippen LogP contribution in [0.3, 0.4) is 0 Å². The third-order valence-electron chi connectivity index (χ3n) is 9.32. The number of urea groups is 1. The lowest BCUT2D eigenvalue weighted by atomic mass is 9.92. The van der Waals surface area contributed by atoms with Gasteiger partial charge < -0.3 is 20.1 Å². The zero-order valence-electron chi connectivity index (χ0n) is 30.5. The van der Waals surface area contributed by atoms with E-state index >= 15 is 0 Å². The van der Waals surface area contributed by atoms with Gasteiger partial charge in [0.1, 0.15) is 30.5 Å². The van der Waals surface area contributed by atoms with Gasteiger partial charge in [-0.1, -0.05) is 26.8 Å². The number of H-pyrrole nitrogens is 1. The molecule has 6 amide bonds. The Bertz CT molecular complexity index is 2290. The van der Waals surface area contributed by atoms with Crippen LogP contribution in [-0.4, -0.2) is 91.6 Å². The number of imide groups is 2. The first-order valence-electron chi connectivity index (χ1n) is 17.7. The van der Waals surface area contributed by atoms with Crippen molar-refractivity contribution < 1.29 is 33.4 Å². The molecule has 4 N–H and O–H groups in total. The van der Waals surface area contributed by atoms with Crippen molar-refractivity contribution in [1.29, 1.82) is 0 Å². The number of likely N-dealkylation sites (tertiary alicyclic amines) is 1. The van der Waals surface area contributed by atoms with Crippen LogP contribution in [0.4, 0.5) is 22.0 Å². The number of piperidine rings is 1. The minimum atomic E-state index is -1.07. The van der Waals surface area contributed by atoms with Crippen LogP contribution in [0.15, 0.2) is 73.1 Å². The molecule has 3 aromatic carbocycles. The van der Waals surface area contributed by atoms with Gasteiger partial charge >= 0.3 is 6.03 Å². The van der Waals surface area contributed by atoms with Gasteiger partial charge in [-0.05, 0) is 55.0 Å². The number of anilines is 3. The average molecular weight is 747 g/mol. The highest BCUT2D eigenvalue weighted by Gasteiger charge is 2.47. The Morgan fingerprint density at radius 3 is 2.53 bits per heavy atom. The molecule has 283 valence electrons. The second kappa shape index (κ2) is 15.1. The number of carbonyl (C=O) groups excluding carboxylic acids is 5. The quantitative estimate of drug-likeness (QED) is 0.0986. The number of imidazole rings is 1. The molecule has 5 aromatic rings. The predicted octanol–water partition coefficient (Wildman–Crippen LogP) is 5.10. The highest BCUT2D eigenvalue weighted by molar-refractivity contribution is 6.25. The minimum Gasteiger partial charge on any atom is -0.491 e. The number of amides is 6. The van der Waals surface area contributed by atoms with Crippen molar-refractivity contribution in [2.75, 3.05) is 42.3 Å². The van der Waals surface area contributed by atoms with Gasteiger partial charge in [-0.2, -0.15) is 5.10 Å². The standard InChI is InChI=1S/C39H40N9O7/c1-39(2,3)31-21-32(45-44-31)43-38(53)42-23-8-10-24(11-9-23)47-22-41-28-20-25(12-13-29(28)47)55-19-18-54-17-16-40-27-7-5-6-26-34(27)37(52)48(35(26)50)30-14-15-33(49)46(4)36(30)51/h5-13,20-22,30,40H,4,14-19H2,1-3H3,(H3,42,43,44,45,53). The first kappa shape index (κ1) is 36.8. The summed E-state index contributed by atoms with van der Waals surface area (Å²) in [6, 6.07) is 18.3. The van der Waals surface area contributed by atoms with E-state index in [0.717, 1.165) is 32.2 Å². The molecule has 0 spiro atoms. The van der Waals surface area contributed by atoms with Crippen LogP contribution < -0.4 is 20.7 Å². The van der Waals surface area contributed by atoms with Crippen molar-refractivity contribution in [3.63, 3.8) is 0 Å². The van der Waals surface area contributed by atoms with Crippen molar-refractivity contribution in [1.82, 2.24) is 29.5 Å². The van der Waals surface area contributed by atoms with E-state index in [0.29, 0.717) is 42.7 Å². The van der Waals surface area contributed by atoms with Crippen LogP contribution >= 0.6 is 0 Å². The Labute approximate surface area is 316 Å². The van der Waals surface area contributed by atoms with E-state index in [-0.39, 0.29) is 42.0 Å². The van der Waals surface area contributed by atoms with E-state index in [2.05, 4.69) is 38.2 Å². The summed E-state index contributed by atoms with van der Waals surface area (Å²) in [5, 5.41) is 15.8. The van der Waals surface area contributed by atoms with Crippen LogP contribution in [0, 0.1) is 7.05 Å². The van der Waals surface area contributed by atoms with E-state index in [1.165, 1.54) is 0 Å². The van der Waals surface area contributed by atoms with Gasteiger partial charge in [0.25, 0.3) is 17.7 Å². The molecular weight excluding hydrogens is 706 g/mol. The topological polar surface area (TPSA) is 193 Å². The molecule has 7 rings (SSSR count). The Balaban J connectivity index is 0.861. The third kappa shape index (κ3) is 7.62. The Morgan fingerprint density at radius 1 is 0.964 bits per heavy atom. The summed E-state index contributed by atoms with van der Waals surface area (Å²) >= 11 is 0. The van der Waals surface area contributed by atoms with Crippen LogP contribution in [0.1, 0.15) is 60.0 Å². The molecule has 1 radical (unpaired) electrons. The molecular formula is C39H40N9O7. The number of fused-ring (bicyclic) bond motifs is 2. The molecule has 0 bridgehead atoms. The summed E-state index contributed by atoms with van der Waals surface area (Å²) in [7, 11) is 3.46. The van der Waals surface area contributed by atoms with Crippen LogP contribution in [0.2, 0.25) is 0 Å². The maximum atomic E-state index is 13.4. The summed E-state index contributed by atoms with van der Waals surface area (Å²) in [6.45, 7) is 7.37. The maximum absolute atomic E-state index is 13.4. The van der Waals surface area contributed by atoms with Gasteiger partial charge in [-0.25, -0.2) is 9.78 Å². The molecule has 2 aromatic heterocycles. The van der Waals surface area contributed by atoms with Gasteiger partial charge in [-0.15, -0.1) is 0 Å². The smallest absolute Gasteiger partial charge is 0.324 e. The van der Waals surface area contributed by atoms with E-state index in [1.54, 1.807) is 24.5 Å². The van der Waals surface area contributed by atoms with E-state index in [1.807, 2.05) is 73.9 Å². The SMILES string of the molecule is [CH2]N1C(=O)CCC(N2C(=O)c3cccc(NCCOCCOc4ccc5c(c4)ncn5-c4ccc(NC(=O)Nc5cc(C(C)(C)C)n[nH]5)cc4)c3C2=O)C1=O. The fourth-order valence-corrected chi connectivity index (χ4v) is 6.42. The highest BCUT2D eigenvalue weighted by Crippen LogP contribution is 2.33. The second-order valence-electron chi connectivity index (χ2n) is 14.1. The lowest BCUT2D eigenvalue weighted by Gasteiger charge is -2.32. The van der Waals surface area contributed by atoms with Gasteiger partial charge in [0.15, 0.2) is 0 Å². The van der Waals surface area contributed by atoms with Crippen molar-refractivity contribution in [3.8, 4) is 11.4 Å². The number of carbonyl (C=O) groups is 5. The zero-order valence-corrected chi connectivity index (χ0v) is 30.5. The zero-order chi connectivity index (χ0) is 38.9. The largest absolute Gasteiger partial charge is 0.491 e.